The van der Waals surface area contributed by atoms with Crippen LogP contribution in [0.4, 0.5) is 0 Å². The number of hydrogen-bond donors (Lipinski definition) is 3. The third-order valence-corrected chi connectivity index (χ3v) is 22.0. The lowest BCUT2D eigenvalue weighted by Gasteiger charge is -2.21. The number of phosphoric ester groups is 2. The molecular weight excluding hydrogens is 1370 g/mol. The molecule has 0 aromatic heterocycles. The van der Waals surface area contributed by atoms with Gasteiger partial charge < -0.3 is 33.8 Å². The smallest absolute Gasteiger partial charge is 0.462 e. The summed E-state index contributed by atoms with van der Waals surface area (Å²) in [7, 11) is -9.93. The number of unbranched alkanes of at least 4 members (excludes halogenated alkanes) is 52. The molecule has 0 saturated carbocycles. The van der Waals surface area contributed by atoms with Crippen molar-refractivity contribution in [3.8, 4) is 0 Å². The molecule has 0 aliphatic carbocycles. The van der Waals surface area contributed by atoms with Gasteiger partial charge in [-0.1, -0.05) is 402 Å². The van der Waals surface area contributed by atoms with Gasteiger partial charge in [0.15, 0.2) is 12.2 Å². The minimum absolute atomic E-state index is 0.108. The average Bonchev–Trinajstić information content (AvgIpc) is 0.915. The van der Waals surface area contributed by atoms with Crippen molar-refractivity contribution in [1.29, 1.82) is 0 Å². The van der Waals surface area contributed by atoms with Crippen LogP contribution in [0.3, 0.4) is 0 Å². The number of esters is 4. The number of carbonyl (C=O) groups is 4. The first kappa shape index (κ1) is 103. The van der Waals surface area contributed by atoms with E-state index in [4.69, 9.17) is 37.0 Å². The number of carbonyl (C=O) groups excluding carboxylic acids is 4. The van der Waals surface area contributed by atoms with Crippen LogP contribution < -0.4 is 0 Å². The highest BCUT2D eigenvalue weighted by Crippen LogP contribution is 2.45. The van der Waals surface area contributed by atoms with E-state index in [2.05, 4.69) is 48.5 Å². The summed E-state index contributed by atoms with van der Waals surface area (Å²) in [5.74, 6) is 0.242. The molecule has 19 heteroatoms. The topological polar surface area (TPSA) is 237 Å². The van der Waals surface area contributed by atoms with E-state index in [1.165, 1.54) is 263 Å². The van der Waals surface area contributed by atoms with Crippen LogP contribution in [0.15, 0.2) is 0 Å². The Hall–Kier alpha value is -1.94. The maximum atomic E-state index is 13.1. The highest BCUT2D eigenvalue weighted by Gasteiger charge is 2.30. The Bertz CT molecular complexity index is 2030. The predicted molar refractivity (Wildman–Crippen MR) is 432 cm³/mol. The monoisotopic (exact) mass is 1540 g/mol. The molecule has 0 aliphatic heterocycles. The van der Waals surface area contributed by atoms with Crippen LogP contribution in [-0.4, -0.2) is 96.7 Å². The molecule has 624 valence electrons. The van der Waals surface area contributed by atoms with Gasteiger partial charge in [-0.25, -0.2) is 9.13 Å². The summed E-state index contributed by atoms with van der Waals surface area (Å²) in [5, 5.41) is 10.7. The van der Waals surface area contributed by atoms with Gasteiger partial charge >= 0.3 is 39.5 Å². The van der Waals surface area contributed by atoms with Crippen molar-refractivity contribution >= 4 is 39.5 Å². The predicted octanol–water partition coefficient (Wildman–Crippen LogP) is 26.1. The first-order valence-corrected chi connectivity index (χ1v) is 47.3. The van der Waals surface area contributed by atoms with E-state index in [0.29, 0.717) is 25.7 Å². The molecule has 5 atom stereocenters. The molecular formula is C86H168O17P2. The Kier molecular flexibility index (Phi) is 74.7. The second kappa shape index (κ2) is 76.1. The molecule has 0 aliphatic rings. The minimum Gasteiger partial charge on any atom is -0.462 e. The fourth-order valence-electron chi connectivity index (χ4n) is 13.4. The van der Waals surface area contributed by atoms with Gasteiger partial charge in [-0.15, -0.1) is 0 Å². The molecule has 0 bridgehead atoms. The van der Waals surface area contributed by atoms with Crippen LogP contribution in [0.25, 0.3) is 0 Å². The summed E-state index contributed by atoms with van der Waals surface area (Å²) in [6.07, 6.45) is 66.7. The third-order valence-electron chi connectivity index (χ3n) is 20.1. The van der Waals surface area contributed by atoms with Crippen molar-refractivity contribution in [3.63, 3.8) is 0 Å². The van der Waals surface area contributed by atoms with E-state index in [1.807, 2.05) is 0 Å². The lowest BCUT2D eigenvalue weighted by Crippen LogP contribution is -2.30. The summed E-state index contributed by atoms with van der Waals surface area (Å²) in [4.78, 5) is 73.2. The standard InChI is InChI=1S/C86H168O17P2/c1-8-9-10-11-12-13-14-15-16-22-29-34-39-48-55-62-69-86(91)103-82(74-97-84(89)68-61-54-47-42-41-45-52-59-66-79(6)7)76-101-105(94,95)99-72-80(87)71-98-104(92,93)100-75-81(73-96-83(88)67-60-53-46-38-33-28-25-24-27-32-37-44-51-58-65-78(4)5)102-85(90)70-63-56-49-40-35-30-23-20-18-17-19-21-26-31-36-43-50-57-64-77(2)3/h77-82,87H,8-76H2,1-7H3,(H,92,93)(H,94,95)/t80-,81-,82-/m1/s1. The molecule has 2 unspecified atom stereocenters. The molecule has 17 nitrogen and oxygen atoms in total. The molecule has 0 amide bonds. The van der Waals surface area contributed by atoms with E-state index in [9.17, 15) is 43.2 Å². The maximum Gasteiger partial charge on any atom is 0.472 e. The number of aliphatic hydroxyl groups excluding tert-OH is 1. The van der Waals surface area contributed by atoms with Crippen LogP contribution in [0, 0.1) is 17.8 Å². The van der Waals surface area contributed by atoms with Gasteiger partial charge in [0.2, 0.25) is 0 Å². The van der Waals surface area contributed by atoms with Crippen LogP contribution in [0.5, 0.6) is 0 Å². The van der Waals surface area contributed by atoms with Crippen LogP contribution in [0.1, 0.15) is 453 Å². The quantitative estimate of drug-likeness (QED) is 0.0222. The molecule has 0 aromatic rings. The van der Waals surface area contributed by atoms with Gasteiger partial charge in [0.1, 0.15) is 19.3 Å². The number of phosphoric acid groups is 2. The maximum absolute atomic E-state index is 13.1. The Labute approximate surface area is 645 Å². The Morgan fingerprint density at radius 3 is 0.648 bits per heavy atom. The zero-order valence-corrected chi connectivity index (χ0v) is 71.0. The van der Waals surface area contributed by atoms with Crippen molar-refractivity contribution in [3.05, 3.63) is 0 Å². The van der Waals surface area contributed by atoms with Crippen molar-refractivity contribution < 1.29 is 80.2 Å². The second-order valence-corrected chi connectivity index (χ2v) is 35.3. The van der Waals surface area contributed by atoms with Crippen molar-refractivity contribution in [2.45, 2.75) is 471 Å². The molecule has 0 rings (SSSR count). The molecule has 3 N–H and O–H groups in total. The van der Waals surface area contributed by atoms with Gasteiger partial charge in [-0.05, 0) is 43.4 Å². The SMILES string of the molecule is CCCCCCCCCCCCCCCCCCC(=O)O[C@H](COC(=O)CCCCCCCCCCC(C)C)COP(=O)(O)OC[C@H](O)COP(=O)(O)OC[C@@H](COC(=O)CCCCCCCCCCCCCCCCC(C)C)OC(=O)CCCCCCCCCCCCCCCCCCCCC(C)C. The Morgan fingerprint density at radius 2 is 0.438 bits per heavy atom. The molecule has 0 spiro atoms. The number of aliphatic hydroxyl groups is 1. The van der Waals surface area contributed by atoms with Crippen molar-refractivity contribution in [2.75, 3.05) is 39.6 Å². The fourth-order valence-corrected chi connectivity index (χ4v) is 14.9. The summed E-state index contributed by atoms with van der Waals surface area (Å²) >= 11 is 0. The van der Waals surface area contributed by atoms with Crippen LogP contribution >= 0.6 is 15.6 Å². The fraction of sp³-hybridized carbons (Fsp3) is 0.953. The molecule has 105 heavy (non-hydrogen) atoms. The molecule has 0 aromatic carbocycles. The summed E-state index contributed by atoms with van der Waals surface area (Å²) in [5.41, 5.74) is 0. The third kappa shape index (κ3) is 79.9. The number of ether oxygens (including phenoxy) is 4. The minimum atomic E-state index is -4.97. The molecule has 0 saturated heterocycles. The van der Waals surface area contributed by atoms with E-state index in [1.54, 1.807) is 0 Å². The molecule has 0 fully saturated rings. The average molecular weight is 1540 g/mol. The van der Waals surface area contributed by atoms with Crippen LogP contribution in [-0.2, 0) is 65.4 Å². The molecule has 0 heterocycles. The van der Waals surface area contributed by atoms with E-state index < -0.39 is 97.5 Å². The van der Waals surface area contributed by atoms with Crippen molar-refractivity contribution in [1.82, 2.24) is 0 Å². The lowest BCUT2D eigenvalue weighted by atomic mass is 10.0. The first-order chi connectivity index (χ1) is 50.7. The number of rotatable bonds is 84. The Balaban J connectivity index is 5.24. The van der Waals surface area contributed by atoms with Gasteiger partial charge in [-0.3, -0.25) is 37.3 Å². The van der Waals surface area contributed by atoms with E-state index >= 15 is 0 Å². The molecule has 0 radical (unpaired) electrons. The van der Waals surface area contributed by atoms with Crippen LogP contribution in [0.2, 0.25) is 0 Å². The highest BCUT2D eigenvalue weighted by molar-refractivity contribution is 7.47. The van der Waals surface area contributed by atoms with Gasteiger partial charge in [0.05, 0.1) is 26.4 Å². The van der Waals surface area contributed by atoms with E-state index in [-0.39, 0.29) is 25.7 Å². The van der Waals surface area contributed by atoms with E-state index in [0.717, 1.165) is 108 Å². The second-order valence-electron chi connectivity index (χ2n) is 32.4. The first-order valence-electron chi connectivity index (χ1n) is 44.3. The number of hydrogen-bond acceptors (Lipinski definition) is 15. The van der Waals surface area contributed by atoms with Gasteiger partial charge in [0, 0.05) is 25.7 Å². The zero-order chi connectivity index (χ0) is 77.2. The van der Waals surface area contributed by atoms with Crippen molar-refractivity contribution in [2.24, 2.45) is 17.8 Å². The largest absolute Gasteiger partial charge is 0.472 e. The highest BCUT2D eigenvalue weighted by atomic mass is 31.2. The summed E-state index contributed by atoms with van der Waals surface area (Å²) in [6.45, 7) is 12.0. The summed E-state index contributed by atoms with van der Waals surface area (Å²) in [6, 6.07) is 0. The Morgan fingerprint density at radius 1 is 0.257 bits per heavy atom. The van der Waals surface area contributed by atoms with Gasteiger partial charge in [0.25, 0.3) is 0 Å². The lowest BCUT2D eigenvalue weighted by molar-refractivity contribution is -0.161. The zero-order valence-electron chi connectivity index (χ0n) is 69.2. The normalized spacial score (nSPS) is 13.9. The van der Waals surface area contributed by atoms with Gasteiger partial charge in [-0.2, -0.15) is 0 Å². The summed E-state index contributed by atoms with van der Waals surface area (Å²) < 4.78 is 68.9.